The topological polar surface area (TPSA) is 70.4 Å². The fraction of sp³-hybridized carbons (Fsp3) is 0.200. The maximum absolute atomic E-state index is 14.0. The summed E-state index contributed by atoms with van der Waals surface area (Å²) in [5, 5.41) is 6.15. The van der Waals surface area contributed by atoms with E-state index in [0.29, 0.717) is 22.7 Å². The first-order valence-corrected chi connectivity index (χ1v) is 10.7. The summed E-state index contributed by atoms with van der Waals surface area (Å²) in [6.45, 7) is 4.92. The van der Waals surface area contributed by atoms with Crippen molar-refractivity contribution in [2.24, 2.45) is 0 Å². The Balaban J connectivity index is 1.41. The van der Waals surface area contributed by atoms with E-state index >= 15 is 0 Å². The zero-order chi connectivity index (χ0) is 21.9. The molecule has 3 aromatic carbocycles. The monoisotopic (exact) mass is 430 g/mol. The molecule has 5 rings (SSSR count). The molecule has 0 atom stereocenters. The van der Waals surface area contributed by atoms with Gasteiger partial charge in [-0.1, -0.05) is 30.3 Å². The highest BCUT2D eigenvalue weighted by molar-refractivity contribution is 6.06. The number of carbonyl (C=O) groups excluding carboxylic acids is 1. The molecule has 0 aliphatic carbocycles. The van der Waals surface area contributed by atoms with Crippen molar-refractivity contribution in [2.45, 2.75) is 6.54 Å². The number of carbonyl (C=O) groups is 1. The third kappa shape index (κ3) is 4.26. The Labute approximate surface area is 185 Å². The maximum Gasteiger partial charge on any atom is 0.258 e. The Bertz CT molecular complexity index is 1260. The molecule has 4 aromatic rings. The Hall–Kier alpha value is -3.55. The van der Waals surface area contributed by atoms with Gasteiger partial charge in [-0.05, 0) is 42.0 Å². The number of anilines is 1. The summed E-state index contributed by atoms with van der Waals surface area (Å²) in [6.07, 6.45) is 0. The third-order valence-electron chi connectivity index (χ3n) is 5.59. The molecule has 0 spiro atoms. The Morgan fingerprint density at radius 2 is 1.84 bits per heavy atom. The van der Waals surface area contributed by atoms with Crippen LogP contribution < -0.4 is 10.6 Å². The molecule has 1 amide bonds. The van der Waals surface area contributed by atoms with Gasteiger partial charge in [0.2, 0.25) is 5.89 Å². The van der Waals surface area contributed by atoms with Crippen molar-refractivity contribution in [1.82, 2.24) is 15.2 Å². The highest BCUT2D eigenvalue weighted by Crippen LogP contribution is 2.31. The molecule has 1 aliphatic rings. The number of hydrogen-bond donors (Lipinski definition) is 2. The van der Waals surface area contributed by atoms with Gasteiger partial charge in [0, 0.05) is 32.7 Å². The Kier molecular flexibility index (Phi) is 5.66. The van der Waals surface area contributed by atoms with Crippen molar-refractivity contribution in [2.75, 3.05) is 31.5 Å². The third-order valence-corrected chi connectivity index (χ3v) is 5.59. The van der Waals surface area contributed by atoms with Crippen LogP contribution in [0.1, 0.15) is 15.9 Å². The number of halogens is 1. The molecule has 6 nitrogen and oxygen atoms in total. The van der Waals surface area contributed by atoms with E-state index in [2.05, 4.69) is 26.6 Å². The first-order valence-electron chi connectivity index (χ1n) is 10.7. The van der Waals surface area contributed by atoms with Gasteiger partial charge in [0.25, 0.3) is 5.91 Å². The summed E-state index contributed by atoms with van der Waals surface area (Å²) in [5.74, 6) is -0.685. The molecule has 1 aliphatic heterocycles. The van der Waals surface area contributed by atoms with Crippen molar-refractivity contribution in [3.8, 4) is 11.5 Å². The number of benzene rings is 3. The zero-order valence-electron chi connectivity index (χ0n) is 17.5. The minimum absolute atomic E-state index is 0.0163. The molecular weight excluding hydrogens is 407 g/mol. The highest BCUT2D eigenvalue weighted by atomic mass is 19.1. The highest BCUT2D eigenvalue weighted by Gasteiger charge is 2.17. The summed E-state index contributed by atoms with van der Waals surface area (Å²) in [7, 11) is 0. The fourth-order valence-electron chi connectivity index (χ4n) is 3.92. The summed E-state index contributed by atoms with van der Waals surface area (Å²) >= 11 is 0. The molecule has 32 heavy (non-hydrogen) atoms. The summed E-state index contributed by atoms with van der Waals surface area (Å²) in [4.78, 5) is 19.6. The van der Waals surface area contributed by atoms with Crippen LogP contribution in [0, 0.1) is 5.82 Å². The molecule has 0 saturated carbocycles. The second-order valence-electron chi connectivity index (χ2n) is 7.83. The van der Waals surface area contributed by atoms with Crippen molar-refractivity contribution in [1.29, 1.82) is 0 Å². The van der Waals surface area contributed by atoms with Crippen LogP contribution in [0.15, 0.2) is 71.1 Å². The van der Waals surface area contributed by atoms with Crippen LogP contribution in [0.5, 0.6) is 0 Å². The lowest BCUT2D eigenvalue weighted by Gasteiger charge is -2.27. The quantitative estimate of drug-likeness (QED) is 0.494. The van der Waals surface area contributed by atoms with Gasteiger partial charge in [0.15, 0.2) is 5.58 Å². The molecule has 1 aromatic heterocycles. The van der Waals surface area contributed by atoms with Crippen LogP contribution in [-0.2, 0) is 6.54 Å². The predicted octanol–water partition coefficient (Wildman–Crippen LogP) is 4.29. The number of rotatable bonds is 5. The molecular formula is C25H23FN4O2. The SMILES string of the molecule is O=C(Nc1ccccc1-c1nc2ccc(CN3CCNCC3)cc2o1)c1ccccc1F. The van der Waals surface area contributed by atoms with Gasteiger partial charge in [-0.15, -0.1) is 0 Å². The first-order chi connectivity index (χ1) is 15.7. The molecule has 0 unspecified atom stereocenters. The number of oxazole rings is 1. The number of fused-ring (bicyclic) bond motifs is 1. The lowest BCUT2D eigenvalue weighted by molar-refractivity contribution is 0.102. The number of para-hydroxylation sites is 1. The van der Waals surface area contributed by atoms with E-state index in [1.54, 1.807) is 24.3 Å². The predicted molar refractivity (Wildman–Crippen MR) is 122 cm³/mol. The smallest absolute Gasteiger partial charge is 0.258 e. The number of amides is 1. The van der Waals surface area contributed by atoms with Crippen molar-refractivity contribution >= 4 is 22.7 Å². The van der Waals surface area contributed by atoms with Crippen LogP contribution in [0.25, 0.3) is 22.6 Å². The molecule has 7 heteroatoms. The van der Waals surface area contributed by atoms with Gasteiger partial charge in [0.05, 0.1) is 16.8 Å². The first kappa shape index (κ1) is 20.4. The maximum atomic E-state index is 14.0. The van der Waals surface area contributed by atoms with Gasteiger partial charge in [-0.25, -0.2) is 9.37 Å². The number of hydrogen-bond acceptors (Lipinski definition) is 5. The minimum Gasteiger partial charge on any atom is -0.436 e. The zero-order valence-corrected chi connectivity index (χ0v) is 17.5. The number of aromatic nitrogens is 1. The van der Waals surface area contributed by atoms with E-state index in [9.17, 15) is 9.18 Å². The van der Waals surface area contributed by atoms with E-state index in [1.807, 2.05) is 24.3 Å². The molecule has 1 saturated heterocycles. The fourth-order valence-corrected chi connectivity index (χ4v) is 3.92. The molecule has 0 bridgehead atoms. The summed E-state index contributed by atoms with van der Waals surface area (Å²) < 4.78 is 20.1. The van der Waals surface area contributed by atoms with Crippen molar-refractivity contribution in [3.63, 3.8) is 0 Å². The normalized spacial score (nSPS) is 14.5. The van der Waals surface area contributed by atoms with E-state index in [-0.39, 0.29) is 5.56 Å². The standard InChI is InChI=1S/C25H23FN4O2/c26-20-7-3-1-5-18(20)24(31)28-21-8-4-2-6-19(21)25-29-22-10-9-17(15-23(22)32-25)16-30-13-11-27-12-14-30/h1-10,15,27H,11-14,16H2,(H,28,31). The van der Waals surface area contributed by atoms with E-state index < -0.39 is 11.7 Å². The van der Waals surface area contributed by atoms with Crippen molar-refractivity contribution < 1.29 is 13.6 Å². The Morgan fingerprint density at radius 3 is 2.69 bits per heavy atom. The minimum atomic E-state index is -0.568. The van der Waals surface area contributed by atoms with Crippen molar-refractivity contribution in [3.05, 3.63) is 83.7 Å². The molecule has 1 fully saturated rings. The average molecular weight is 430 g/mol. The average Bonchev–Trinajstić information content (AvgIpc) is 3.23. The number of piperazine rings is 1. The number of nitrogens with zero attached hydrogens (tertiary/aromatic N) is 2. The largest absolute Gasteiger partial charge is 0.436 e. The van der Waals surface area contributed by atoms with Crippen LogP contribution in [0.3, 0.4) is 0 Å². The van der Waals surface area contributed by atoms with Crippen LogP contribution in [0.2, 0.25) is 0 Å². The number of nitrogens with one attached hydrogen (secondary N) is 2. The molecule has 0 radical (unpaired) electrons. The second kappa shape index (κ2) is 8.90. The van der Waals surface area contributed by atoms with E-state index in [4.69, 9.17) is 4.42 Å². The van der Waals surface area contributed by atoms with Crippen LogP contribution >= 0.6 is 0 Å². The van der Waals surface area contributed by atoms with Crippen LogP contribution in [0.4, 0.5) is 10.1 Å². The van der Waals surface area contributed by atoms with Gasteiger partial charge in [-0.2, -0.15) is 0 Å². The van der Waals surface area contributed by atoms with E-state index in [0.717, 1.165) is 38.2 Å². The lowest BCUT2D eigenvalue weighted by Crippen LogP contribution is -2.42. The van der Waals surface area contributed by atoms with E-state index in [1.165, 1.54) is 17.7 Å². The van der Waals surface area contributed by atoms with Gasteiger partial charge < -0.3 is 15.1 Å². The van der Waals surface area contributed by atoms with Gasteiger partial charge >= 0.3 is 0 Å². The Morgan fingerprint density at radius 1 is 1.06 bits per heavy atom. The summed E-state index contributed by atoms with van der Waals surface area (Å²) in [5.41, 5.74) is 3.74. The summed E-state index contributed by atoms with van der Waals surface area (Å²) in [6, 6.07) is 19.2. The second-order valence-corrected chi connectivity index (χ2v) is 7.83. The van der Waals surface area contributed by atoms with Gasteiger partial charge in [0.1, 0.15) is 11.3 Å². The molecule has 2 N–H and O–H groups in total. The molecule has 2 heterocycles. The van der Waals surface area contributed by atoms with Crippen LogP contribution in [-0.4, -0.2) is 42.0 Å². The molecule has 162 valence electrons. The lowest BCUT2D eigenvalue weighted by atomic mass is 10.1. The van der Waals surface area contributed by atoms with Gasteiger partial charge in [-0.3, -0.25) is 9.69 Å².